The van der Waals surface area contributed by atoms with Gasteiger partial charge in [-0.15, -0.1) is 0 Å². The van der Waals surface area contributed by atoms with E-state index in [0.717, 1.165) is 0 Å². The van der Waals surface area contributed by atoms with Crippen LogP contribution in [-0.4, -0.2) is 36.9 Å². The Morgan fingerprint density at radius 2 is 2.15 bits per heavy atom. The Hall–Kier alpha value is -0.610. The van der Waals surface area contributed by atoms with Gasteiger partial charge in [-0.25, -0.2) is 0 Å². The number of hydrogen-bond acceptors (Lipinski definition) is 3. The van der Waals surface area contributed by atoms with E-state index in [0.29, 0.717) is 19.3 Å². The zero-order chi connectivity index (χ0) is 9.52. The Balaban J connectivity index is 1.86. The van der Waals surface area contributed by atoms with Crippen LogP contribution in [0.3, 0.4) is 0 Å². The van der Waals surface area contributed by atoms with E-state index in [1.165, 1.54) is 25.7 Å². The van der Waals surface area contributed by atoms with Crippen molar-refractivity contribution in [2.45, 2.75) is 31.8 Å². The largest absolute Gasteiger partial charge is 0.480 e. The van der Waals surface area contributed by atoms with Crippen LogP contribution in [0, 0.1) is 0 Å². The van der Waals surface area contributed by atoms with E-state index in [9.17, 15) is 4.79 Å². The molecule has 76 valence electrons. The number of rotatable bonds is 6. The maximum Gasteiger partial charge on any atom is 0.317 e. The average molecular weight is 187 g/mol. The monoisotopic (exact) mass is 187 g/mol. The first-order chi connectivity index (χ1) is 6.29. The molecule has 0 aromatic carbocycles. The summed E-state index contributed by atoms with van der Waals surface area (Å²) in [7, 11) is 0. The predicted molar refractivity (Wildman–Crippen MR) is 48.7 cm³/mol. The smallest absolute Gasteiger partial charge is 0.317 e. The van der Waals surface area contributed by atoms with Crippen LogP contribution in [0.1, 0.15) is 25.7 Å². The number of ether oxygens (including phenoxy) is 1. The fourth-order valence-electron chi connectivity index (χ4n) is 1.55. The third kappa shape index (κ3) is 4.85. The summed E-state index contributed by atoms with van der Waals surface area (Å²) in [5, 5.41) is 11.1. The van der Waals surface area contributed by atoms with Crippen molar-refractivity contribution in [3.8, 4) is 0 Å². The highest BCUT2D eigenvalue weighted by Crippen LogP contribution is 2.20. The Morgan fingerprint density at radius 3 is 2.77 bits per heavy atom. The summed E-state index contributed by atoms with van der Waals surface area (Å²) in [5.41, 5.74) is 0. The zero-order valence-corrected chi connectivity index (χ0v) is 7.79. The predicted octanol–water partition coefficient (Wildman–Crippen LogP) is 0.620. The van der Waals surface area contributed by atoms with Gasteiger partial charge in [0.1, 0.15) is 0 Å². The van der Waals surface area contributed by atoms with Gasteiger partial charge < -0.3 is 15.2 Å². The zero-order valence-electron chi connectivity index (χ0n) is 7.79. The van der Waals surface area contributed by atoms with Crippen LogP contribution < -0.4 is 5.32 Å². The normalized spacial score (nSPS) is 17.8. The molecule has 0 atom stereocenters. The highest BCUT2D eigenvalue weighted by molar-refractivity contribution is 5.68. The molecule has 0 bridgehead atoms. The van der Waals surface area contributed by atoms with Crippen molar-refractivity contribution in [3.63, 3.8) is 0 Å². The fourth-order valence-corrected chi connectivity index (χ4v) is 1.55. The lowest BCUT2D eigenvalue weighted by Gasteiger charge is -2.10. The second-order valence-electron chi connectivity index (χ2n) is 3.35. The SMILES string of the molecule is O=C(O)CNCCOC1CCCC1. The number of carboxylic acid groups (broad SMARTS) is 1. The molecule has 0 spiro atoms. The van der Waals surface area contributed by atoms with Crippen LogP contribution in [0.5, 0.6) is 0 Å². The van der Waals surface area contributed by atoms with Gasteiger partial charge in [0, 0.05) is 6.54 Å². The molecule has 0 unspecified atom stereocenters. The Kier molecular flexibility index (Phi) is 4.78. The summed E-state index contributed by atoms with van der Waals surface area (Å²) in [4.78, 5) is 10.1. The number of carboxylic acids is 1. The molecule has 2 N–H and O–H groups in total. The van der Waals surface area contributed by atoms with E-state index in [4.69, 9.17) is 9.84 Å². The van der Waals surface area contributed by atoms with Gasteiger partial charge in [-0.1, -0.05) is 12.8 Å². The fraction of sp³-hybridized carbons (Fsp3) is 0.889. The van der Waals surface area contributed by atoms with Gasteiger partial charge in [0.15, 0.2) is 0 Å². The van der Waals surface area contributed by atoms with Crippen LogP contribution in [0.2, 0.25) is 0 Å². The first-order valence-corrected chi connectivity index (χ1v) is 4.83. The van der Waals surface area contributed by atoms with Crippen LogP contribution in [0.15, 0.2) is 0 Å². The molecule has 1 rings (SSSR count). The van der Waals surface area contributed by atoms with E-state index in [2.05, 4.69) is 5.32 Å². The van der Waals surface area contributed by atoms with Crippen LogP contribution in [0.4, 0.5) is 0 Å². The van der Waals surface area contributed by atoms with Crippen LogP contribution in [-0.2, 0) is 9.53 Å². The molecular formula is C9H17NO3. The first kappa shape index (κ1) is 10.5. The molecule has 0 aliphatic heterocycles. The maximum atomic E-state index is 10.1. The van der Waals surface area contributed by atoms with Gasteiger partial charge >= 0.3 is 5.97 Å². The quantitative estimate of drug-likeness (QED) is 0.598. The molecule has 1 aliphatic rings. The molecular weight excluding hydrogens is 170 g/mol. The topological polar surface area (TPSA) is 58.6 Å². The van der Waals surface area contributed by atoms with Crippen LogP contribution >= 0.6 is 0 Å². The van der Waals surface area contributed by atoms with E-state index in [1.807, 2.05) is 0 Å². The highest BCUT2D eigenvalue weighted by Gasteiger charge is 2.14. The third-order valence-corrected chi connectivity index (χ3v) is 2.21. The molecule has 4 heteroatoms. The van der Waals surface area contributed by atoms with Crippen molar-refractivity contribution >= 4 is 5.97 Å². The molecule has 0 radical (unpaired) electrons. The van der Waals surface area contributed by atoms with Crippen LogP contribution in [0.25, 0.3) is 0 Å². The minimum Gasteiger partial charge on any atom is -0.480 e. The lowest BCUT2D eigenvalue weighted by molar-refractivity contribution is -0.136. The van der Waals surface area contributed by atoms with Gasteiger partial charge in [0.05, 0.1) is 19.3 Å². The van der Waals surface area contributed by atoms with Crippen molar-refractivity contribution in [1.82, 2.24) is 5.32 Å². The van der Waals surface area contributed by atoms with Crippen molar-refractivity contribution in [2.75, 3.05) is 19.7 Å². The van der Waals surface area contributed by atoms with Crippen molar-refractivity contribution in [2.24, 2.45) is 0 Å². The first-order valence-electron chi connectivity index (χ1n) is 4.83. The van der Waals surface area contributed by atoms with Gasteiger partial charge in [0.25, 0.3) is 0 Å². The second-order valence-corrected chi connectivity index (χ2v) is 3.35. The van der Waals surface area contributed by atoms with Gasteiger partial charge in [0.2, 0.25) is 0 Å². The van der Waals surface area contributed by atoms with Gasteiger partial charge in [-0.2, -0.15) is 0 Å². The number of aliphatic carboxylic acids is 1. The molecule has 0 heterocycles. The van der Waals surface area contributed by atoms with E-state index in [1.54, 1.807) is 0 Å². The molecule has 1 fully saturated rings. The minimum atomic E-state index is -0.819. The summed E-state index contributed by atoms with van der Waals surface area (Å²) in [6, 6.07) is 0. The van der Waals surface area contributed by atoms with Crippen molar-refractivity contribution in [1.29, 1.82) is 0 Å². The maximum absolute atomic E-state index is 10.1. The Morgan fingerprint density at radius 1 is 1.46 bits per heavy atom. The number of hydrogen-bond donors (Lipinski definition) is 2. The second kappa shape index (κ2) is 5.94. The molecule has 0 amide bonds. The van der Waals surface area contributed by atoms with E-state index in [-0.39, 0.29) is 6.54 Å². The van der Waals surface area contributed by atoms with Crippen molar-refractivity contribution < 1.29 is 14.6 Å². The summed E-state index contributed by atoms with van der Waals surface area (Å²) in [5.74, 6) is -0.819. The Bertz CT molecular complexity index is 155. The summed E-state index contributed by atoms with van der Waals surface area (Å²) in [6.07, 6.45) is 5.30. The number of nitrogens with one attached hydrogen (secondary N) is 1. The average Bonchev–Trinajstić information content (AvgIpc) is 2.55. The summed E-state index contributed by atoms with van der Waals surface area (Å²) >= 11 is 0. The summed E-state index contributed by atoms with van der Waals surface area (Å²) < 4.78 is 5.53. The molecule has 1 saturated carbocycles. The van der Waals surface area contributed by atoms with E-state index < -0.39 is 5.97 Å². The molecule has 0 saturated heterocycles. The third-order valence-electron chi connectivity index (χ3n) is 2.21. The van der Waals surface area contributed by atoms with Crippen molar-refractivity contribution in [3.05, 3.63) is 0 Å². The van der Waals surface area contributed by atoms with E-state index >= 15 is 0 Å². The number of carbonyl (C=O) groups is 1. The lowest BCUT2D eigenvalue weighted by atomic mass is 10.3. The van der Waals surface area contributed by atoms with Gasteiger partial charge in [-0.05, 0) is 12.8 Å². The highest BCUT2D eigenvalue weighted by atomic mass is 16.5. The molecule has 13 heavy (non-hydrogen) atoms. The molecule has 0 aromatic rings. The van der Waals surface area contributed by atoms with Gasteiger partial charge in [-0.3, -0.25) is 4.79 Å². The minimum absolute atomic E-state index is 0.0219. The standard InChI is InChI=1S/C9H17NO3/c11-9(12)7-10-5-6-13-8-3-1-2-4-8/h8,10H,1-7H2,(H,11,12). The summed E-state index contributed by atoms with van der Waals surface area (Å²) in [6.45, 7) is 1.27. The lowest BCUT2D eigenvalue weighted by Crippen LogP contribution is -2.27. The molecule has 0 aromatic heterocycles. The molecule has 1 aliphatic carbocycles. The molecule has 4 nitrogen and oxygen atoms in total. The Labute approximate surface area is 78.3 Å².